The van der Waals surface area contributed by atoms with Crippen molar-refractivity contribution >= 4 is 22.5 Å². The summed E-state index contributed by atoms with van der Waals surface area (Å²) in [6.07, 6.45) is 1.48. The minimum absolute atomic E-state index is 0.353. The second-order valence-corrected chi connectivity index (χ2v) is 7.17. The Hall–Kier alpha value is -2.93. The van der Waals surface area contributed by atoms with Crippen molar-refractivity contribution in [3.63, 3.8) is 0 Å². The zero-order valence-electron chi connectivity index (χ0n) is 15.3. The Balaban J connectivity index is 1.85. The van der Waals surface area contributed by atoms with Crippen molar-refractivity contribution in [1.82, 2.24) is 24.1 Å². The average molecular weight is 350 g/mol. The molecular weight excluding hydrogens is 328 g/mol. The van der Waals surface area contributed by atoms with E-state index in [1.807, 2.05) is 32.2 Å². The van der Waals surface area contributed by atoms with Gasteiger partial charge in [-0.1, -0.05) is 18.2 Å². The summed E-state index contributed by atoms with van der Waals surface area (Å²) in [5.74, 6) is 1.27. The predicted octanol–water partition coefficient (Wildman–Crippen LogP) is 2.85. The molecule has 0 aliphatic rings. The van der Waals surface area contributed by atoms with Crippen LogP contribution in [0.1, 0.15) is 31.3 Å². The Bertz CT molecular complexity index is 1090. The lowest BCUT2D eigenvalue weighted by atomic mass is 9.95. The number of nitrogens with one attached hydrogen (secondary N) is 1. The van der Waals surface area contributed by atoms with Gasteiger partial charge in [-0.05, 0) is 38.3 Å². The van der Waals surface area contributed by atoms with Gasteiger partial charge in [-0.2, -0.15) is 14.6 Å². The number of aryl methyl sites for hydroxylation is 2. The zero-order chi connectivity index (χ0) is 18.5. The molecule has 3 heterocycles. The van der Waals surface area contributed by atoms with Crippen LogP contribution >= 0.6 is 0 Å². The first-order chi connectivity index (χ1) is 12.3. The molecule has 26 heavy (non-hydrogen) atoms. The van der Waals surface area contributed by atoms with Gasteiger partial charge >= 0.3 is 0 Å². The van der Waals surface area contributed by atoms with Crippen molar-refractivity contribution in [3.8, 4) is 0 Å². The number of rotatable bonds is 4. The van der Waals surface area contributed by atoms with E-state index in [-0.39, 0.29) is 6.04 Å². The summed E-state index contributed by atoms with van der Waals surface area (Å²) in [4.78, 5) is 8.54. The van der Waals surface area contributed by atoms with E-state index < -0.39 is 5.60 Å². The third-order valence-corrected chi connectivity index (χ3v) is 4.66. The second-order valence-electron chi connectivity index (χ2n) is 7.17. The molecule has 0 unspecified atom stereocenters. The molecule has 0 fully saturated rings. The summed E-state index contributed by atoms with van der Waals surface area (Å²) in [7, 11) is 2.01. The number of hydrogen-bond donors (Lipinski definition) is 2. The summed E-state index contributed by atoms with van der Waals surface area (Å²) in [5.41, 5.74) is 1.93. The highest BCUT2D eigenvalue weighted by Crippen LogP contribution is 2.33. The van der Waals surface area contributed by atoms with Crippen LogP contribution in [0.3, 0.4) is 0 Å². The SMILES string of the molecule is Cc1cc(N[C@@H](c2cc3ccccc3n2C)C(C)(C)O)n2ncnc2n1. The first kappa shape index (κ1) is 16.5. The molecule has 1 aromatic carbocycles. The molecule has 0 aliphatic carbocycles. The Kier molecular flexibility index (Phi) is 3.69. The highest BCUT2D eigenvalue weighted by molar-refractivity contribution is 5.81. The molecule has 7 heteroatoms. The lowest BCUT2D eigenvalue weighted by Gasteiger charge is -2.31. The molecular formula is C19H22N6O. The van der Waals surface area contributed by atoms with E-state index in [1.54, 1.807) is 18.4 Å². The van der Waals surface area contributed by atoms with Crippen LogP contribution in [0, 0.1) is 6.92 Å². The third kappa shape index (κ3) is 2.70. The number of aliphatic hydroxyl groups is 1. The van der Waals surface area contributed by atoms with Crippen molar-refractivity contribution in [2.45, 2.75) is 32.4 Å². The van der Waals surface area contributed by atoms with Crippen LogP contribution in [0.5, 0.6) is 0 Å². The second kappa shape index (κ2) is 5.81. The van der Waals surface area contributed by atoms with Crippen LogP contribution in [0.4, 0.5) is 5.82 Å². The molecule has 0 amide bonds. The normalized spacial score (nSPS) is 13.4. The van der Waals surface area contributed by atoms with Crippen LogP contribution in [0.2, 0.25) is 0 Å². The molecule has 4 aromatic rings. The van der Waals surface area contributed by atoms with Gasteiger partial charge in [0.2, 0.25) is 0 Å². The lowest BCUT2D eigenvalue weighted by Crippen LogP contribution is -2.36. The van der Waals surface area contributed by atoms with Gasteiger partial charge < -0.3 is 15.0 Å². The van der Waals surface area contributed by atoms with Gasteiger partial charge in [-0.25, -0.2) is 4.98 Å². The van der Waals surface area contributed by atoms with Gasteiger partial charge in [0.05, 0.1) is 11.6 Å². The number of hydrogen-bond acceptors (Lipinski definition) is 5. The quantitative estimate of drug-likeness (QED) is 0.592. The number of anilines is 1. The van der Waals surface area contributed by atoms with E-state index in [0.29, 0.717) is 5.78 Å². The lowest BCUT2D eigenvalue weighted by molar-refractivity contribution is 0.0566. The molecule has 7 nitrogen and oxygen atoms in total. The van der Waals surface area contributed by atoms with E-state index in [4.69, 9.17) is 0 Å². The largest absolute Gasteiger partial charge is 0.388 e. The van der Waals surface area contributed by atoms with E-state index >= 15 is 0 Å². The van der Waals surface area contributed by atoms with Gasteiger partial charge in [-0.15, -0.1) is 0 Å². The Morgan fingerprint density at radius 1 is 1.19 bits per heavy atom. The predicted molar refractivity (Wildman–Crippen MR) is 101 cm³/mol. The maximum absolute atomic E-state index is 10.9. The molecule has 0 bridgehead atoms. The van der Waals surface area contributed by atoms with Gasteiger partial charge in [0.1, 0.15) is 12.1 Å². The highest BCUT2D eigenvalue weighted by Gasteiger charge is 2.31. The van der Waals surface area contributed by atoms with Crippen molar-refractivity contribution in [1.29, 1.82) is 0 Å². The molecule has 0 saturated carbocycles. The molecule has 4 rings (SSSR count). The standard InChI is InChI=1S/C19H22N6O/c1-12-9-16(25-18(22-12)20-11-21-25)23-17(19(2,3)26)15-10-13-7-5-6-8-14(13)24(15)4/h5-11,17,23,26H,1-4H3/t17-/m0/s1. The summed E-state index contributed by atoms with van der Waals surface area (Å²) >= 11 is 0. The Morgan fingerprint density at radius 3 is 2.69 bits per heavy atom. The van der Waals surface area contributed by atoms with Crippen LogP contribution in [-0.2, 0) is 7.05 Å². The minimum Gasteiger partial charge on any atom is -0.388 e. The van der Waals surface area contributed by atoms with Gasteiger partial charge in [0.15, 0.2) is 0 Å². The molecule has 134 valence electrons. The van der Waals surface area contributed by atoms with Crippen molar-refractivity contribution in [2.24, 2.45) is 7.05 Å². The average Bonchev–Trinajstić information content (AvgIpc) is 3.16. The van der Waals surface area contributed by atoms with E-state index in [0.717, 1.165) is 28.1 Å². The monoisotopic (exact) mass is 350 g/mol. The minimum atomic E-state index is -1.01. The first-order valence-corrected chi connectivity index (χ1v) is 8.55. The maximum atomic E-state index is 10.9. The van der Waals surface area contributed by atoms with Crippen LogP contribution in [-0.4, -0.2) is 34.9 Å². The Morgan fingerprint density at radius 2 is 1.96 bits per heavy atom. The molecule has 3 aromatic heterocycles. The number of benzene rings is 1. The van der Waals surface area contributed by atoms with Gasteiger partial charge in [-0.3, -0.25) is 0 Å². The summed E-state index contributed by atoms with van der Waals surface area (Å²) in [5, 5.41) is 19.7. The maximum Gasteiger partial charge on any atom is 0.254 e. The topological polar surface area (TPSA) is 80.3 Å². The van der Waals surface area contributed by atoms with E-state index in [9.17, 15) is 5.11 Å². The highest BCUT2D eigenvalue weighted by atomic mass is 16.3. The first-order valence-electron chi connectivity index (χ1n) is 8.55. The zero-order valence-corrected chi connectivity index (χ0v) is 15.3. The fraction of sp³-hybridized carbons (Fsp3) is 0.316. The molecule has 0 aliphatic heterocycles. The van der Waals surface area contributed by atoms with Gasteiger partial charge in [0.25, 0.3) is 5.78 Å². The third-order valence-electron chi connectivity index (χ3n) is 4.66. The van der Waals surface area contributed by atoms with Crippen molar-refractivity contribution < 1.29 is 5.11 Å². The number of nitrogens with zero attached hydrogens (tertiary/aromatic N) is 5. The fourth-order valence-electron chi connectivity index (χ4n) is 3.38. The summed E-state index contributed by atoms with van der Waals surface area (Å²) < 4.78 is 3.76. The number of para-hydroxylation sites is 1. The Labute approximate surface area is 151 Å². The molecule has 0 spiro atoms. The van der Waals surface area contributed by atoms with Gasteiger partial charge in [0, 0.05) is 30.0 Å². The number of aromatic nitrogens is 5. The van der Waals surface area contributed by atoms with E-state index in [1.165, 1.54) is 6.33 Å². The smallest absolute Gasteiger partial charge is 0.254 e. The fourth-order valence-corrected chi connectivity index (χ4v) is 3.38. The molecule has 2 N–H and O–H groups in total. The van der Waals surface area contributed by atoms with Crippen molar-refractivity contribution in [3.05, 3.63) is 54.1 Å². The molecule has 0 radical (unpaired) electrons. The summed E-state index contributed by atoms with van der Waals surface area (Å²) in [6, 6.07) is 11.8. The molecule has 1 atom stereocenters. The molecule has 0 saturated heterocycles. The van der Waals surface area contributed by atoms with Crippen LogP contribution in [0.15, 0.2) is 42.7 Å². The van der Waals surface area contributed by atoms with Crippen molar-refractivity contribution in [2.75, 3.05) is 5.32 Å². The van der Waals surface area contributed by atoms with E-state index in [2.05, 4.69) is 43.1 Å². The summed E-state index contributed by atoms with van der Waals surface area (Å²) in [6.45, 7) is 5.51. The van der Waals surface area contributed by atoms with Crippen LogP contribution < -0.4 is 5.32 Å². The van der Waals surface area contributed by atoms with Crippen LogP contribution in [0.25, 0.3) is 16.7 Å². The number of fused-ring (bicyclic) bond motifs is 2.